The number of hydrogen-bond acceptors (Lipinski definition) is 44. The number of phosphoric ester groups is 5. The molecule has 2 fully saturated rings. The van der Waals surface area contributed by atoms with Gasteiger partial charge in [0, 0.05) is 99.1 Å². The normalized spacial score (nSPS) is 23.4. The van der Waals surface area contributed by atoms with Crippen molar-refractivity contribution >= 4 is 65.3 Å². The molecule has 0 aromatic carbocycles. The fourth-order valence-corrected chi connectivity index (χ4v) is 15.7. The molecule has 21 atom stereocenters. The first-order chi connectivity index (χ1) is 59.9. The molecule has 2 heterocycles. The Balaban J connectivity index is 2.22. The third kappa shape index (κ3) is 58.2. The summed E-state index contributed by atoms with van der Waals surface area (Å²) in [6.45, 7) is -1.59. The van der Waals surface area contributed by atoms with Crippen molar-refractivity contribution in [3.63, 3.8) is 0 Å². The van der Waals surface area contributed by atoms with Crippen LogP contribution in [0, 0.1) is 28.6 Å². The maximum absolute atomic E-state index is 13.8. The van der Waals surface area contributed by atoms with E-state index in [-0.39, 0.29) is 190 Å². The Morgan fingerprint density at radius 2 is 0.881 bits per heavy atom. The average Bonchev–Trinajstić information content (AvgIpc) is 0.816. The van der Waals surface area contributed by atoms with E-state index in [1.165, 1.54) is 20.8 Å². The maximum Gasteiger partial charge on any atom is 0.474 e. The van der Waals surface area contributed by atoms with Gasteiger partial charge in [-0.1, -0.05) is 45.4 Å². The molecule has 0 spiro atoms. The lowest BCUT2D eigenvalue weighted by Crippen LogP contribution is -2.62. The summed E-state index contributed by atoms with van der Waals surface area (Å²) < 4.78 is 217. The lowest BCUT2D eigenvalue weighted by Gasteiger charge is -2.41. The number of unbranched alkanes of at least 4 members (excludes halogenated alkanes) is 9. The van der Waals surface area contributed by atoms with Gasteiger partial charge in [0.2, 0.25) is 0 Å². The van der Waals surface area contributed by atoms with Crippen molar-refractivity contribution in [2.75, 3.05) is 199 Å². The number of nitrogens with zero attached hydrogens (tertiary/aromatic N) is 1. The smallest absolute Gasteiger partial charge is 0.463 e. The Kier molecular flexibility index (Phi) is 66.3. The second kappa shape index (κ2) is 69.6. The number of nitrogens with two attached hydrogens (primary N) is 2. The van der Waals surface area contributed by atoms with Crippen molar-refractivity contribution in [1.29, 1.82) is 5.26 Å². The number of carbonyl (C=O) groups is 3. The number of ether oxygens (including phenoxy) is 14. The SMILES string of the molecule is COP(=O)(OCCC#N)OCC(COCCCO[PH](=O)O)COCCCOP(=O)(O)OCC(COCCCOP(=O)(O)OCCCCCCO[C@@H](CN)OC(COC(C)=O)[C@H](O)CO)(COCCCOP(=O)(O)OCCCCCCO[C@@H]1OC(COC(C)=O)[C@H](O)C(O)[C@@H]1C)COCCCOP(=O)(O)OCCCCCCO[C@@H]1OC(COC(C)=O)[C@H](O)C(O)[C@@H]1N. The van der Waals surface area contributed by atoms with Gasteiger partial charge in [-0.25, -0.2) is 22.8 Å². The number of aliphatic hydroxyl groups is 6. The third-order valence-corrected chi connectivity index (χ3v) is 23.9. The molecule has 13 unspecified atom stereocenters. The van der Waals surface area contributed by atoms with E-state index in [2.05, 4.69) is 4.52 Å². The van der Waals surface area contributed by atoms with Crippen molar-refractivity contribution in [3.05, 3.63) is 0 Å². The molecule has 0 bridgehead atoms. The molecule has 0 aromatic rings. The van der Waals surface area contributed by atoms with Gasteiger partial charge in [0.05, 0.1) is 142 Å². The van der Waals surface area contributed by atoms with Gasteiger partial charge in [-0.05, 0) is 70.6 Å². The second-order valence-corrected chi connectivity index (χ2v) is 37.5. The molecule has 2 aliphatic rings. The maximum atomic E-state index is 13.8. The van der Waals surface area contributed by atoms with Crippen LogP contribution in [0.2, 0.25) is 0 Å². The van der Waals surface area contributed by atoms with E-state index in [9.17, 15) is 92.0 Å². The molecule has 0 amide bonds. The predicted octanol–water partition coefficient (Wildman–Crippen LogP) is 3.56. The molecule has 15 N–H and O–H groups in total. The van der Waals surface area contributed by atoms with Gasteiger partial charge >= 0.3 is 65.3 Å². The van der Waals surface area contributed by atoms with Crippen molar-refractivity contribution in [3.8, 4) is 6.07 Å². The number of hydrogen-bond donors (Lipinski definition) is 13. The molecular formula is C71H139N3O46P6. The molecule has 0 radical (unpaired) electrons. The lowest BCUT2D eigenvalue weighted by molar-refractivity contribution is -0.283. The van der Waals surface area contributed by atoms with Crippen LogP contribution in [0.1, 0.15) is 143 Å². The van der Waals surface area contributed by atoms with Crippen LogP contribution >= 0.6 is 47.4 Å². The number of carbonyl (C=O) groups excluding carboxylic acids is 3. The zero-order chi connectivity index (χ0) is 93.7. The Morgan fingerprint density at radius 1 is 0.484 bits per heavy atom. The lowest BCUT2D eigenvalue weighted by atomic mass is 9.92. The summed E-state index contributed by atoms with van der Waals surface area (Å²) in [6, 6.07) is 0.740. The average molecular weight is 1960 g/mol. The second-order valence-electron chi connectivity index (χ2n) is 29.0. The van der Waals surface area contributed by atoms with E-state index in [4.69, 9.17) is 138 Å². The summed E-state index contributed by atoms with van der Waals surface area (Å²) in [5, 5.41) is 70.0. The Morgan fingerprint density at radius 3 is 1.30 bits per heavy atom. The molecule has 0 saturated carbocycles. The highest BCUT2D eigenvalue weighted by Crippen LogP contribution is 2.50. The van der Waals surface area contributed by atoms with Crippen LogP contribution in [-0.4, -0.2) is 345 Å². The largest absolute Gasteiger partial charge is 0.474 e. The molecular weight excluding hydrogens is 1820 g/mol. The van der Waals surface area contributed by atoms with Gasteiger partial charge in [-0.3, -0.25) is 68.7 Å². The molecule has 55 heteroatoms. The van der Waals surface area contributed by atoms with Crippen LogP contribution in [-0.2, 0) is 162 Å². The van der Waals surface area contributed by atoms with Crippen LogP contribution in [0.5, 0.6) is 0 Å². The summed E-state index contributed by atoms with van der Waals surface area (Å²) >= 11 is 0. The van der Waals surface area contributed by atoms with E-state index >= 15 is 0 Å². The van der Waals surface area contributed by atoms with Crippen LogP contribution in [0.15, 0.2) is 0 Å². The first kappa shape index (κ1) is 120. The number of rotatable bonds is 83. The minimum absolute atomic E-state index is 0.0224. The number of aliphatic hydroxyl groups excluding tert-OH is 6. The van der Waals surface area contributed by atoms with E-state index < -0.39 is 196 Å². The van der Waals surface area contributed by atoms with Gasteiger partial charge < -0.3 is 137 Å². The number of nitriles is 1. The highest BCUT2D eigenvalue weighted by Gasteiger charge is 2.46. The van der Waals surface area contributed by atoms with Crippen molar-refractivity contribution in [2.45, 2.75) is 217 Å². The van der Waals surface area contributed by atoms with Gasteiger partial charge in [0.25, 0.3) is 0 Å². The summed E-state index contributed by atoms with van der Waals surface area (Å²) in [7, 11) is -25.1. The van der Waals surface area contributed by atoms with E-state index in [1.54, 1.807) is 6.92 Å². The number of phosphoric acid groups is 5. The first-order valence-corrected chi connectivity index (χ1v) is 50.3. The zero-order valence-electron chi connectivity index (χ0n) is 72.4. The Hall–Kier alpha value is -2.16. The summed E-state index contributed by atoms with van der Waals surface area (Å²) in [4.78, 5) is 85.6. The Labute approximate surface area is 735 Å². The molecule has 0 aliphatic carbocycles. The standard InChI is InChI=1S/C71H139N3O46P6/c1-54-65(80)66(81)61(48-105-56(3)77)119-69(54)102-31-13-7-10-16-35-109-123(88,89)112-40-22-28-99-51-71(50-98-27-21-39-111-122(86,87)108-34-15-9-6-12-30-101-63(42-73)118-60(59(79)43-75)47-104-55(2)76,52-100-29-23-41-113-124(90,91)110-36-17-11-8-14-32-103-70-64(74)68(83)67(82)62(120-70)49-106-57(4)78)53-117-125(92,93)114-38-20-26-97-45-58(44-96-25-19-33-107-121(84)85)46-116-126(94,95-5)115-37-18-24-72/h54,58-70,75,79-83,121H,6-23,25-53,73-74H2,1-5H3,(H,84,85)(H,86,87)(H,88,89)(H,90,91)(H,92,93)/t54-,58?,59+,60?,61?,62?,63+,64-,65?,66-,67-,68?,69+,70+,71?,126?/m0/s1. The Bertz CT molecular complexity index is 3060. The fraction of sp³-hybridized carbons (Fsp3) is 0.944. The van der Waals surface area contributed by atoms with Crippen LogP contribution in [0.3, 0.4) is 0 Å². The van der Waals surface area contributed by atoms with Crippen LogP contribution in [0.4, 0.5) is 0 Å². The third-order valence-electron chi connectivity index (χ3n) is 18.0. The zero-order valence-corrected chi connectivity index (χ0v) is 77.8. The highest BCUT2D eigenvalue weighted by atomic mass is 31.2. The van der Waals surface area contributed by atoms with Gasteiger partial charge in [-0.15, -0.1) is 0 Å². The van der Waals surface area contributed by atoms with Crippen LogP contribution < -0.4 is 11.5 Å². The highest BCUT2D eigenvalue weighted by molar-refractivity contribution is 7.48. The number of esters is 3. The van der Waals surface area contributed by atoms with Gasteiger partial charge in [-0.2, -0.15) is 5.26 Å². The molecule has 2 rings (SSSR count). The van der Waals surface area contributed by atoms with E-state index in [1.807, 2.05) is 6.07 Å². The first-order valence-electron chi connectivity index (χ1n) is 41.6. The van der Waals surface area contributed by atoms with E-state index in [0.29, 0.717) is 77.0 Å². The minimum atomic E-state index is -5.03. The quantitative estimate of drug-likeness (QED) is 0.0136. The van der Waals surface area contributed by atoms with E-state index in [0.717, 1.165) is 7.11 Å². The van der Waals surface area contributed by atoms with Crippen LogP contribution in [0.25, 0.3) is 0 Å². The minimum Gasteiger partial charge on any atom is -0.463 e. The summed E-state index contributed by atoms with van der Waals surface area (Å²) in [6.07, 6.45) is -7.19. The van der Waals surface area contributed by atoms with Crippen molar-refractivity contribution < 1.29 is 217 Å². The molecule has 126 heavy (non-hydrogen) atoms. The van der Waals surface area contributed by atoms with Crippen molar-refractivity contribution in [1.82, 2.24) is 0 Å². The molecule has 744 valence electrons. The van der Waals surface area contributed by atoms with Gasteiger partial charge in [0.1, 0.15) is 62.5 Å². The molecule has 49 nitrogen and oxygen atoms in total. The van der Waals surface area contributed by atoms with Crippen molar-refractivity contribution in [2.24, 2.45) is 28.7 Å². The summed E-state index contributed by atoms with van der Waals surface area (Å²) in [5.74, 6) is -3.08. The topological polar surface area (TPSA) is 692 Å². The fourth-order valence-electron chi connectivity index (χ4n) is 11.1. The molecule has 0 aromatic heterocycles. The summed E-state index contributed by atoms with van der Waals surface area (Å²) in [5.41, 5.74) is 10.2. The predicted molar refractivity (Wildman–Crippen MR) is 436 cm³/mol. The molecule has 2 aliphatic heterocycles. The molecule has 2 saturated heterocycles. The monoisotopic (exact) mass is 1960 g/mol. The van der Waals surface area contributed by atoms with Gasteiger partial charge in [0.15, 0.2) is 18.9 Å².